The highest BCUT2D eigenvalue weighted by atomic mass is 19.1. The lowest BCUT2D eigenvalue weighted by Crippen LogP contribution is -2.16. The van der Waals surface area contributed by atoms with E-state index in [-0.39, 0.29) is 17.3 Å². The number of unbranched alkanes of at least 4 members (excludes halogenated alkanes) is 1. The van der Waals surface area contributed by atoms with E-state index in [4.69, 9.17) is 0 Å². The number of pyridine rings is 1. The molecule has 1 saturated carbocycles. The molecule has 2 nitrogen and oxygen atoms in total. The van der Waals surface area contributed by atoms with Gasteiger partial charge in [0.05, 0.1) is 0 Å². The first-order chi connectivity index (χ1) is 11.1. The summed E-state index contributed by atoms with van der Waals surface area (Å²) in [6.45, 7) is 3.94. The van der Waals surface area contributed by atoms with Gasteiger partial charge in [-0.25, -0.2) is 4.39 Å². The third-order valence-electron chi connectivity index (χ3n) is 4.79. The van der Waals surface area contributed by atoms with Crippen LogP contribution < -0.4 is 5.56 Å². The van der Waals surface area contributed by atoms with E-state index >= 15 is 0 Å². The van der Waals surface area contributed by atoms with Gasteiger partial charge >= 0.3 is 0 Å². The van der Waals surface area contributed by atoms with Crippen LogP contribution in [0.3, 0.4) is 0 Å². The van der Waals surface area contributed by atoms with Crippen LogP contribution in [0.1, 0.15) is 73.2 Å². The zero-order chi connectivity index (χ0) is 16.4. The molecule has 0 amide bonds. The minimum absolute atomic E-state index is 0.0466. The quantitative estimate of drug-likeness (QED) is 0.798. The van der Waals surface area contributed by atoms with Gasteiger partial charge in [0.2, 0.25) is 0 Å². The standard InChI is InChI=1S/C20H24FNO/c1-3-4-5-16(15-8-10-18(21)13(2)12-15)19-11-9-17(14-6-7-14)20(23)22-19/h8-12,14,16H,3-7H2,1-2H3,(H,22,23). The van der Waals surface area contributed by atoms with Crippen LogP contribution in [0.15, 0.2) is 35.1 Å². The van der Waals surface area contributed by atoms with E-state index in [0.29, 0.717) is 11.5 Å². The molecule has 3 heteroatoms. The Bertz CT molecular complexity index is 746. The number of benzene rings is 1. The molecule has 1 heterocycles. The van der Waals surface area contributed by atoms with Crippen molar-refractivity contribution in [2.75, 3.05) is 0 Å². The lowest BCUT2D eigenvalue weighted by molar-refractivity contribution is 0.609. The van der Waals surface area contributed by atoms with Crippen LogP contribution in [0.4, 0.5) is 4.39 Å². The average Bonchev–Trinajstić information content (AvgIpc) is 3.36. The first kappa shape index (κ1) is 16.0. The molecule has 0 saturated heterocycles. The van der Waals surface area contributed by atoms with Crippen molar-refractivity contribution in [2.24, 2.45) is 0 Å². The van der Waals surface area contributed by atoms with Gasteiger partial charge in [-0.1, -0.05) is 38.0 Å². The number of hydrogen-bond acceptors (Lipinski definition) is 1. The van der Waals surface area contributed by atoms with Crippen LogP contribution in [0.25, 0.3) is 0 Å². The molecule has 0 aliphatic heterocycles. The van der Waals surface area contributed by atoms with E-state index in [1.807, 2.05) is 24.3 Å². The van der Waals surface area contributed by atoms with Crippen molar-refractivity contribution >= 4 is 0 Å². The Labute approximate surface area is 136 Å². The van der Waals surface area contributed by atoms with Gasteiger partial charge in [0.25, 0.3) is 5.56 Å². The highest BCUT2D eigenvalue weighted by Crippen LogP contribution is 2.38. The molecular weight excluding hydrogens is 289 g/mol. The molecule has 1 N–H and O–H groups in total. The fraction of sp³-hybridized carbons (Fsp3) is 0.450. The fourth-order valence-electron chi connectivity index (χ4n) is 3.21. The molecule has 0 spiro atoms. The van der Waals surface area contributed by atoms with Crippen molar-refractivity contribution in [1.82, 2.24) is 4.98 Å². The second-order valence-corrected chi connectivity index (χ2v) is 6.68. The van der Waals surface area contributed by atoms with Crippen LogP contribution in [0, 0.1) is 12.7 Å². The molecule has 1 unspecified atom stereocenters. The number of rotatable bonds is 6. The Balaban J connectivity index is 1.96. The predicted octanol–water partition coefficient (Wildman–Crippen LogP) is 5.02. The van der Waals surface area contributed by atoms with Gasteiger partial charge in [0, 0.05) is 17.2 Å². The average molecular weight is 313 g/mol. The van der Waals surface area contributed by atoms with Crippen molar-refractivity contribution in [3.05, 3.63) is 68.9 Å². The van der Waals surface area contributed by atoms with Gasteiger partial charge in [0.1, 0.15) is 5.82 Å². The summed E-state index contributed by atoms with van der Waals surface area (Å²) >= 11 is 0. The zero-order valence-corrected chi connectivity index (χ0v) is 13.9. The van der Waals surface area contributed by atoms with Gasteiger partial charge in [-0.15, -0.1) is 0 Å². The molecule has 2 aromatic rings. The summed E-state index contributed by atoms with van der Waals surface area (Å²) in [6, 6.07) is 9.31. The molecule has 1 aliphatic rings. The third kappa shape index (κ3) is 3.54. The van der Waals surface area contributed by atoms with Crippen molar-refractivity contribution in [1.29, 1.82) is 0 Å². The van der Waals surface area contributed by atoms with Crippen molar-refractivity contribution in [3.63, 3.8) is 0 Å². The molecule has 1 atom stereocenters. The van der Waals surface area contributed by atoms with Crippen LogP contribution in [0.2, 0.25) is 0 Å². The SMILES string of the molecule is CCCCC(c1ccc(F)c(C)c1)c1ccc(C2CC2)c(=O)[nH]1. The molecule has 23 heavy (non-hydrogen) atoms. The highest BCUT2D eigenvalue weighted by molar-refractivity contribution is 5.34. The maximum absolute atomic E-state index is 13.6. The summed E-state index contributed by atoms with van der Waals surface area (Å²) in [5, 5.41) is 0. The second kappa shape index (κ2) is 6.69. The van der Waals surface area contributed by atoms with Gasteiger partial charge in [0.15, 0.2) is 0 Å². The van der Waals surface area contributed by atoms with Crippen molar-refractivity contribution in [3.8, 4) is 0 Å². The molecule has 1 aromatic heterocycles. The first-order valence-electron chi connectivity index (χ1n) is 8.59. The normalized spacial score (nSPS) is 15.6. The largest absolute Gasteiger partial charge is 0.325 e. The van der Waals surface area contributed by atoms with Gasteiger partial charge in [-0.2, -0.15) is 0 Å². The molecule has 0 radical (unpaired) electrons. The summed E-state index contributed by atoms with van der Waals surface area (Å²) in [5.74, 6) is 0.394. The van der Waals surface area contributed by atoms with E-state index in [1.54, 1.807) is 6.92 Å². The molecule has 0 bridgehead atoms. The minimum atomic E-state index is -0.180. The number of aromatic nitrogens is 1. The summed E-state index contributed by atoms with van der Waals surface area (Å²) in [7, 11) is 0. The Morgan fingerprint density at radius 2 is 2.04 bits per heavy atom. The molecule has 122 valence electrons. The second-order valence-electron chi connectivity index (χ2n) is 6.68. The number of H-pyrrole nitrogens is 1. The van der Waals surface area contributed by atoms with E-state index in [2.05, 4.69) is 11.9 Å². The lowest BCUT2D eigenvalue weighted by Gasteiger charge is -2.18. The van der Waals surface area contributed by atoms with Crippen LogP contribution >= 0.6 is 0 Å². The number of halogens is 1. The lowest BCUT2D eigenvalue weighted by atomic mass is 9.89. The Kier molecular flexibility index (Phi) is 4.65. The van der Waals surface area contributed by atoms with Gasteiger partial charge < -0.3 is 4.98 Å². The van der Waals surface area contributed by atoms with E-state index in [0.717, 1.165) is 48.9 Å². The summed E-state index contributed by atoms with van der Waals surface area (Å²) in [4.78, 5) is 15.4. The molecule has 1 aromatic carbocycles. The molecular formula is C20H24FNO. The zero-order valence-electron chi connectivity index (χ0n) is 13.9. The highest BCUT2D eigenvalue weighted by Gasteiger charge is 2.26. The monoisotopic (exact) mass is 313 g/mol. The van der Waals surface area contributed by atoms with Gasteiger partial charge in [-0.3, -0.25) is 4.79 Å². The fourth-order valence-corrected chi connectivity index (χ4v) is 3.21. The maximum atomic E-state index is 13.6. The summed E-state index contributed by atoms with van der Waals surface area (Å²) < 4.78 is 13.6. The van der Waals surface area contributed by atoms with Crippen LogP contribution in [-0.4, -0.2) is 4.98 Å². The molecule has 1 aliphatic carbocycles. The molecule has 1 fully saturated rings. The Morgan fingerprint density at radius 3 is 2.65 bits per heavy atom. The predicted molar refractivity (Wildman–Crippen MR) is 91.5 cm³/mol. The topological polar surface area (TPSA) is 32.9 Å². The van der Waals surface area contributed by atoms with Gasteiger partial charge in [-0.05, 0) is 55.4 Å². The maximum Gasteiger partial charge on any atom is 0.251 e. The van der Waals surface area contributed by atoms with E-state index < -0.39 is 0 Å². The molecule has 3 rings (SSSR count). The number of aryl methyl sites for hydroxylation is 1. The number of hydrogen-bond donors (Lipinski definition) is 1. The van der Waals surface area contributed by atoms with Crippen LogP contribution in [0.5, 0.6) is 0 Å². The third-order valence-corrected chi connectivity index (χ3v) is 4.79. The Hall–Kier alpha value is -1.90. The minimum Gasteiger partial charge on any atom is -0.325 e. The Morgan fingerprint density at radius 1 is 1.26 bits per heavy atom. The van der Waals surface area contributed by atoms with E-state index in [1.165, 1.54) is 6.07 Å². The number of aromatic amines is 1. The van der Waals surface area contributed by atoms with E-state index in [9.17, 15) is 9.18 Å². The first-order valence-corrected chi connectivity index (χ1v) is 8.59. The number of nitrogens with one attached hydrogen (secondary N) is 1. The van der Waals surface area contributed by atoms with Crippen LogP contribution in [-0.2, 0) is 0 Å². The van der Waals surface area contributed by atoms with Crippen molar-refractivity contribution < 1.29 is 4.39 Å². The smallest absolute Gasteiger partial charge is 0.251 e. The van der Waals surface area contributed by atoms with Crippen molar-refractivity contribution in [2.45, 2.75) is 57.8 Å². The summed E-state index contributed by atoms with van der Waals surface area (Å²) in [5.41, 5.74) is 3.63. The summed E-state index contributed by atoms with van der Waals surface area (Å²) in [6.07, 6.45) is 5.38.